The molecule has 0 bridgehead atoms. The lowest BCUT2D eigenvalue weighted by atomic mass is 9.86. The highest BCUT2D eigenvalue weighted by atomic mass is 32.2. The van der Waals surface area contributed by atoms with Gasteiger partial charge in [-0.2, -0.15) is 11.8 Å². The van der Waals surface area contributed by atoms with Gasteiger partial charge in [0.1, 0.15) is 5.78 Å². The molecule has 1 aliphatic heterocycles. The number of carbonyl (C=O) groups excluding carboxylic acids is 1. The topological polar surface area (TPSA) is 17.1 Å². The number of hydrogen-bond donors (Lipinski definition) is 0. The Hall–Kier alpha value is 0.0200. The van der Waals surface area contributed by atoms with Crippen LogP contribution in [0.2, 0.25) is 0 Å². The lowest BCUT2D eigenvalue weighted by Crippen LogP contribution is -2.32. The van der Waals surface area contributed by atoms with E-state index in [1.165, 1.54) is 12.2 Å². The Morgan fingerprint density at radius 1 is 1.47 bits per heavy atom. The largest absolute Gasteiger partial charge is 0.299 e. The molecule has 1 rings (SSSR count). The maximum absolute atomic E-state index is 12.0. The maximum Gasteiger partial charge on any atom is 0.136 e. The lowest BCUT2D eigenvalue weighted by molar-refractivity contribution is -0.123. The molecule has 2 heteroatoms. The van der Waals surface area contributed by atoms with Crippen LogP contribution >= 0.6 is 11.8 Å². The van der Waals surface area contributed by atoms with Gasteiger partial charge in [0.2, 0.25) is 0 Å². The molecular formula is C13H24OS. The van der Waals surface area contributed by atoms with Gasteiger partial charge in [-0.25, -0.2) is 0 Å². The summed E-state index contributed by atoms with van der Waals surface area (Å²) in [5, 5.41) is 0. The van der Waals surface area contributed by atoms with E-state index in [4.69, 9.17) is 0 Å². The first-order chi connectivity index (χ1) is 7.11. The van der Waals surface area contributed by atoms with Crippen LogP contribution in [0.4, 0.5) is 0 Å². The number of Topliss-reactive ketones (excluding diaryl/α,β-unsaturated/α-hetero) is 1. The van der Waals surface area contributed by atoms with Gasteiger partial charge in [-0.05, 0) is 31.4 Å². The molecule has 0 N–H and O–H groups in total. The normalized spacial score (nSPS) is 31.5. The Balaban J connectivity index is 2.45. The Morgan fingerprint density at radius 3 is 2.80 bits per heavy atom. The van der Waals surface area contributed by atoms with Gasteiger partial charge in [-0.1, -0.05) is 27.2 Å². The van der Waals surface area contributed by atoms with Crippen molar-refractivity contribution in [2.24, 2.45) is 5.92 Å². The number of thioether (sulfide) groups is 1. The zero-order valence-corrected chi connectivity index (χ0v) is 11.2. The number of rotatable bonds is 5. The molecule has 0 saturated carbocycles. The summed E-state index contributed by atoms with van der Waals surface area (Å²) >= 11 is 2.06. The van der Waals surface area contributed by atoms with Crippen LogP contribution in [0.1, 0.15) is 59.3 Å². The molecule has 1 saturated heterocycles. The quantitative estimate of drug-likeness (QED) is 0.706. The van der Waals surface area contributed by atoms with Gasteiger partial charge < -0.3 is 0 Å². The van der Waals surface area contributed by atoms with E-state index in [1.54, 1.807) is 0 Å². The summed E-state index contributed by atoms with van der Waals surface area (Å²) in [6.07, 6.45) is 6.43. The molecule has 15 heavy (non-hydrogen) atoms. The molecular weight excluding hydrogens is 204 g/mol. The van der Waals surface area contributed by atoms with Crippen LogP contribution in [0.5, 0.6) is 0 Å². The summed E-state index contributed by atoms with van der Waals surface area (Å²) in [6, 6.07) is 0. The van der Waals surface area contributed by atoms with Crippen molar-refractivity contribution in [1.82, 2.24) is 0 Å². The van der Waals surface area contributed by atoms with Crippen molar-refractivity contribution >= 4 is 17.5 Å². The van der Waals surface area contributed by atoms with Crippen LogP contribution in [0.25, 0.3) is 0 Å². The van der Waals surface area contributed by atoms with Crippen LogP contribution in [-0.4, -0.2) is 16.3 Å². The average molecular weight is 228 g/mol. The zero-order valence-electron chi connectivity index (χ0n) is 10.3. The monoisotopic (exact) mass is 228 g/mol. The summed E-state index contributed by atoms with van der Waals surface area (Å²) in [4.78, 5) is 12.0. The van der Waals surface area contributed by atoms with Gasteiger partial charge in [-0.15, -0.1) is 0 Å². The van der Waals surface area contributed by atoms with Gasteiger partial charge in [0.05, 0.1) is 0 Å². The smallest absolute Gasteiger partial charge is 0.136 e. The van der Waals surface area contributed by atoms with Crippen LogP contribution in [0.15, 0.2) is 0 Å². The van der Waals surface area contributed by atoms with Crippen molar-refractivity contribution in [3.05, 3.63) is 0 Å². The standard InChI is InChI=1S/C13H24OS/c1-4-6-7-12(14)11-8-9-15-13(3,5-2)10-11/h11H,4-10H2,1-3H3/t11-,13-/m0/s1. The molecule has 0 aromatic rings. The second-order valence-corrected chi connectivity index (χ2v) is 6.59. The Labute approximate surface area is 98.4 Å². The summed E-state index contributed by atoms with van der Waals surface area (Å²) in [7, 11) is 0. The molecule has 0 aromatic heterocycles. The molecule has 0 amide bonds. The predicted octanol–water partition coefficient (Wildman–Crippen LogP) is 4.06. The molecule has 1 nitrogen and oxygen atoms in total. The fourth-order valence-corrected chi connectivity index (χ4v) is 3.62. The van der Waals surface area contributed by atoms with Gasteiger partial charge in [0.15, 0.2) is 0 Å². The summed E-state index contributed by atoms with van der Waals surface area (Å²) in [5.74, 6) is 2.06. The molecule has 0 aliphatic carbocycles. The Morgan fingerprint density at radius 2 is 2.20 bits per heavy atom. The number of ketones is 1. The van der Waals surface area contributed by atoms with Gasteiger partial charge in [0, 0.05) is 17.1 Å². The number of carbonyl (C=O) groups is 1. The van der Waals surface area contributed by atoms with Gasteiger partial charge in [-0.3, -0.25) is 4.79 Å². The summed E-state index contributed by atoms with van der Waals surface area (Å²) in [5.41, 5.74) is 0. The first-order valence-electron chi connectivity index (χ1n) is 6.28. The van der Waals surface area contributed by atoms with Crippen LogP contribution in [-0.2, 0) is 4.79 Å². The van der Waals surface area contributed by atoms with Crippen LogP contribution < -0.4 is 0 Å². The van der Waals surface area contributed by atoms with E-state index in [9.17, 15) is 4.79 Å². The molecule has 0 unspecified atom stereocenters. The minimum atomic E-state index is 0.364. The zero-order chi connectivity index (χ0) is 11.3. The van der Waals surface area contributed by atoms with E-state index < -0.39 is 0 Å². The molecule has 1 aliphatic rings. The third kappa shape index (κ3) is 3.82. The Bertz CT molecular complexity index is 215. The molecule has 0 aromatic carbocycles. The number of hydrogen-bond acceptors (Lipinski definition) is 2. The minimum absolute atomic E-state index is 0.364. The maximum atomic E-state index is 12.0. The molecule has 1 fully saturated rings. The van der Waals surface area contributed by atoms with Crippen molar-refractivity contribution < 1.29 is 4.79 Å². The van der Waals surface area contributed by atoms with E-state index in [2.05, 4.69) is 32.5 Å². The molecule has 2 atom stereocenters. The SMILES string of the molecule is CCCCC(=O)[C@H]1CCS[C@@](C)(CC)C1. The van der Waals surface area contributed by atoms with E-state index in [-0.39, 0.29) is 0 Å². The van der Waals surface area contributed by atoms with Crippen molar-refractivity contribution in [2.45, 2.75) is 64.0 Å². The molecule has 0 spiro atoms. The van der Waals surface area contributed by atoms with E-state index in [0.29, 0.717) is 16.4 Å². The second kappa shape index (κ2) is 5.93. The minimum Gasteiger partial charge on any atom is -0.299 e. The van der Waals surface area contributed by atoms with Gasteiger partial charge >= 0.3 is 0 Å². The summed E-state index contributed by atoms with van der Waals surface area (Å²) in [6.45, 7) is 6.71. The fraction of sp³-hybridized carbons (Fsp3) is 0.923. The highest BCUT2D eigenvalue weighted by Gasteiger charge is 2.34. The van der Waals surface area contributed by atoms with E-state index in [1.807, 2.05) is 0 Å². The average Bonchev–Trinajstić information content (AvgIpc) is 2.26. The van der Waals surface area contributed by atoms with E-state index in [0.717, 1.165) is 32.1 Å². The molecule has 1 heterocycles. The lowest BCUT2D eigenvalue weighted by Gasteiger charge is -2.36. The molecule has 0 radical (unpaired) electrons. The molecule has 88 valence electrons. The summed E-state index contributed by atoms with van der Waals surface area (Å²) < 4.78 is 0.366. The first-order valence-corrected chi connectivity index (χ1v) is 7.26. The third-order valence-corrected chi connectivity index (χ3v) is 5.17. The van der Waals surface area contributed by atoms with Crippen LogP contribution in [0.3, 0.4) is 0 Å². The fourth-order valence-electron chi connectivity index (χ4n) is 2.21. The Kier molecular flexibility index (Phi) is 5.17. The highest BCUT2D eigenvalue weighted by Crippen LogP contribution is 2.41. The highest BCUT2D eigenvalue weighted by molar-refractivity contribution is 8.00. The van der Waals surface area contributed by atoms with Crippen molar-refractivity contribution in [1.29, 1.82) is 0 Å². The predicted molar refractivity (Wildman–Crippen MR) is 68.4 cm³/mol. The second-order valence-electron chi connectivity index (χ2n) is 4.91. The third-order valence-electron chi connectivity index (χ3n) is 3.57. The van der Waals surface area contributed by atoms with Crippen molar-refractivity contribution in [3.63, 3.8) is 0 Å². The van der Waals surface area contributed by atoms with Gasteiger partial charge in [0.25, 0.3) is 0 Å². The number of unbranched alkanes of at least 4 members (excludes halogenated alkanes) is 1. The van der Waals surface area contributed by atoms with E-state index >= 15 is 0 Å². The van der Waals surface area contributed by atoms with Crippen LogP contribution in [0, 0.1) is 5.92 Å². The van der Waals surface area contributed by atoms with Crippen molar-refractivity contribution in [2.75, 3.05) is 5.75 Å². The van der Waals surface area contributed by atoms with Crippen molar-refractivity contribution in [3.8, 4) is 0 Å². The first kappa shape index (κ1) is 13.1.